The second kappa shape index (κ2) is 6.40. The van der Waals surface area contributed by atoms with E-state index in [-0.39, 0.29) is 21.5 Å². The molecule has 0 aliphatic rings. The first-order valence-electron chi connectivity index (χ1n) is 6.52. The largest absolute Gasteiger partial charge is 0.452 e. The zero-order valence-electron chi connectivity index (χ0n) is 11.5. The molecule has 0 bridgehead atoms. The van der Waals surface area contributed by atoms with Crippen molar-refractivity contribution in [1.29, 1.82) is 0 Å². The van der Waals surface area contributed by atoms with Crippen molar-refractivity contribution in [3.8, 4) is 17.2 Å². The first-order chi connectivity index (χ1) is 11.1. The molecule has 0 aliphatic heterocycles. The zero-order chi connectivity index (χ0) is 16.4. The minimum Gasteiger partial charge on any atom is -0.452 e. The number of halogens is 3. The van der Waals surface area contributed by atoms with Crippen LogP contribution in [0.5, 0.6) is 11.5 Å². The van der Waals surface area contributed by atoms with Crippen LogP contribution in [0, 0.1) is 5.82 Å². The predicted octanol–water partition coefficient (Wildman–Crippen LogP) is 4.47. The van der Waals surface area contributed by atoms with E-state index in [1.165, 1.54) is 18.3 Å². The van der Waals surface area contributed by atoms with Gasteiger partial charge in [0, 0.05) is 0 Å². The molecule has 2 aromatic carbocycles. The second-order valence-corrected chi connectivity index (χ2v) is 5.34. The van der Waals surface area contributed by atoms with Crippen LogP contribution in [0.1, 0.15) is 0 Å². The van der Waals surface area contributed by atoms with Gasteiger partial charge in [-0.2, -0.15) is 9.78 Å². The van der Waals surface area contributed by atoms with Gasteiger partial charge in [-0.15, -0.1) is 0 Å². The Balaban J connectivity index is 1.99. The number of benzene rings is 2. The average Bonchev–Trinajstić information content (AvgIpc) is 2.55. The number of ether oxygens (including phenoxy) is 1. The van der Waals surface area contributed by atoms with E-state index in [1.807, 2.05) is 6.07 Å². The number of rotatable bonds is 3. The maximum atomic E-state index is 13.0. The van der Waals surface area contributed by atoms with Crippen LogP contribution in [0.25, 0.3) is 5.69 Å². The molecule has 3 aromatic rings. The van der Waals surface area contributed by atoms with E-state index in [0.717, 1.165) is 10.7 Å². The highest BCUT2D eigenvalue weighted by atomic mass is 35.5. The highest BCUT2D eigenvalue weighted by molar-refractivity contribution is 6.32. The summed E-state index contributed by atoms with van der Waals surface area (Å²) in [6.45, 7) is 0. The van der Waals surface area contributed by atoms with E-state index in [9.17, 15) is 9.18 Å². The normalized spacial score (nSPS) is 10.6. The van der Waals surface area contributed by atoms with Gasteiger partial charge in [0.15, 0.2) is 10.8 Å². The minimum absolute atomic E-state index is 0.0392. The van der Waals surface area contributed by atoms with E-state index in [1.54, 1.807) is 24.3 Å². The van der Waals surface area contributed by atoms with Crippen LogP contribution >= 0.6 is 23.2 Å². The molecule has 3 rings (SSSR count). The van der Waals surface area contributed by atoms with Crippen molar-refractivity contribution in [1.82, 2.24) is 9.78 Å². The molecule has 0 saturated heterocycles. The molecule has 1 aromatic heterocycles. The van der Waals surface area contributed by atoms with Crippen molar-refractivity contribution in [3.05, 3.63) is 80.9 Å². The Kier molecular flexibility index (Phi) is 4.32. The van der Waals surface area contributed by atoms with Gasteiger partial charge in [0.1, 0.15) is 11.6 Å². The summed E-state index contributed by atoms with van der Waals surface area (Å²) in [5, 5.41) is 3.94. The monoisotopic (exact) mass is 350 g/mol. The summed E-state index contributed by atoms with van der Waals surface area (Å²) in [5.74, 6) is -0.281. The lowest BCUT2D eigenvalue weighted by molar-refractivity contribution is 0.473. The van der Waals surface area contributed by atoms with E-state index < -0.39 is 11.4 Å². The van der Waals surface area contributed by atoms with Crippen molar-refractivity contribution in [2.45, 2.75) is 0 Å². The third-order valence-electron chi connectivity index (χ3n) is 3.00. The van der Waals surface area contributed by atoms with Gasteiger partial charge in [-0.25, -0.2) is 4.39 Å². The maximum absolute atomic E-state index is 13.0. The van der Waals surface area contributed by atoms with Crippen LogP contribution in [0.2, 0.25) is 10.0 Å². The highest BCUT2D eigenvalue weighted by Crippen LogP contribution is 2.32. The Morgan fingerprint density at radius 2 is 1.78 bits per heavy atom. The molecule has 4 nitrogen and oxygen atoms in total. The van der Waals surface area contributed by atoms with Crippen molar-refractivity contribution >= 4 is 23.2 Å². The maximum Gasteiger partial charge on any atom is 0.294 e. The summed E-state index contributed by atoms with van der Waals surface area (Å²) in [4.78, 5) is 12.3. The average molecular weight is 351 g/mol. The molecule has 0 spiro atoms. The molecule has 0 amide bonds. The molecule has 0 aliphatic carbocycles. The minimum atomic E-state index is -0.534. The molecule has 7 heteroatoms. The summed E-state index contributed by atoms with van der Waals surface area (Å²) in [7, 11) is 0. The van der Waals surface area contributed by atoms with Gasteiger partial charge in [-0.05, 0) is 30.3 Å². The molecule has 23 heavy (non-hydrogen) atoms. The molecule has 1 heterocycles. The van der Waals surface area contributed by atoms with Crippen LogP contribution < -0.4 is 10.3 Å². The number of nitrogens with zero attached hydrogens (tertiary/aromatic N) is 2. The van der Waals surface area contributed by atoms with Crippen molar-refractivity contribution in [3.63, 3.8) is 0 Å². The van der Waals surface area contributed by atoms with Gasteiger partial charge in [-0.1, -0.05) is 41.4 Å². The molecule has 0 saturated carbocycles. The van der Waals surface area contributed by atoms with E-state index in [2.05, 4.69) is 5.10 Å². The van der Waals surface area contributed by atoms with Gasteiger partial charge >= 0.3 is 0 Å². The second-order valence-electron chi connectivity index (χ2n) is 4.55. The fraction of sp³-hybridized carbons (Fsp3) is 0. The van der Waals surface area contributed by atoms with Gasteiger partial charge in [-0.3, -0.25) is 4.79 Å². The Morgan fingerprint density at radius 1 is 1.04 bits per heavy atom. The Bertz CT molecular complexity index is 914. The number of hydrogen-bond acceptors (Lipinski definition) is 3. The van der Waals surface area contributed by atoms with Crippen LogP contribution in [0.15, 0.2) is 59.5 Å². The first kappa shape index (κ1) is 15.5. The fourth-order valence-corrected chi connectivity index (χ4v) is 2.29. The number of aromatic nitrogens is 2. The van der Waals surface area contributed by atoms with Gasteiger partial charge in [0.25, 0.3) is 5.56 Å². The third-order valence-corrected chi connectivity index (χ3v) is 3.64. The van der Waals surface area contributed by atoms with Crippen LogP contribution in [-0.4, -0.2) is 9.78 Å². The SMILES string of the molecule is O=c1c(Cl)c(Oc2ccc(F)cc2Cl)cnn1-c1ccccc1. The van der Waals surface area contributed by atoms with Crippen molar-refractivity contribution in [2.24, 2.45) is 0 Å². The molecule has 0 atom stereocenters. The summed E-state index contributed by atoms with van der Waals surface area (Å²) in [5.41, 5.74) is 0.0411. The van der Waals surface area contributed by atoms with E-state index >= 15 is 0 Å². The van der Waals surface area contributed by atoms with E-state index in [0.29, 0.717) is 5.69 Å². The lowest BCUT2D eigenvalue weighted by atomic mass is 10.3. The molecule has 0 fully saturated rings. The molecular formula is C16H9Cl2FN2O2. The topological polar surface area (TPSA) is 44.1 Å². The first-order valence-corrected chi connectivity index (χ1v) is 7.28. The van der Waals surface area contributed by atoms with Gasteiger partial charge in [0.05, 0.1) is 16.9 Å². The standard InChI is InChI=1S/C16H9Cl2FN2O2/c17-12-8-10(19)6-7-13(12)23-14-9-20-21(16(22)15(14)18)11-4-2-1-3-5-11/h1-9H. The van der Waals surface area contributed by atoms with Crippen LogP contribution in [-0.2, 0) is 0 Å². The molecule has 0 unspecified atom stereocenters. The van der Waals surface area contributed by atoms with Crippen LogP contribution in [0.3, 0.4) is 0 Å². The van der Waals surface area contributed by atoms with Gasteiger partial charge in [0.2, 0.25) is 0 Å². The highest BCUT2D eigenvalue weighted by Gasteiger charge is 2.14. The van der Waals surface area contributed by atoms with Crippen molar-refractivity contribution in [2.75, 3.05) is 0 Å². The number of para-hydroxylation sites is 1. The zero-order valence-corrected chi connectivity index (χ0v) is 13.1. The number of hydrogen-bond donors (Lipinski definition) is 0. The molecule has 116 valence electrons. The molecular weight excluding hydrogens is 342 g/mol. The molecule has 0 N–H and O–H groups in total. The third kappa shape index (κ3) is 3.21. The van der Waals surface area contributed by atoms with Crippen molar-refractivity contribution < 1.29 is 9.13 Å². The van der Waals surface area contributed by atoms with Crippen LogP contribution in [0.4, 0.5) is 4.39 Å². The van der Waals surface area contributed by atoms with Gasteiger partial charge < -0.3 is 4.74 Å². The Labute approximate surface area is 140 Å². The Morgan fingerprint density at radius 3 is 2.48 bits per heavy atom. The summed E-state index contributed by atoms with van der Waals surface area (Å²) in [6.07, 6.45) is 1.30. The summed E-state index contributed by atoms with van der Waals surface area (Å²) in [6, 6.07) is 12.5. The molecule has 0 radical (unpaired) electrons. The van der Waals surface area contributed by atoms with E-state index in [4.69, 9.17) is 27.9 Å². The predicted molar refractivity (Wildman–Crippen MR) is 86.3 cm³/mol. The lowest BCUT2D eigenvalue weighted by Crippen LogP contribution is -2.21. The summed E-state index contributed by atoms with van der Waals surface area (Å²) >= 11 is 12.0. The quantitative estimate of drug-likeness (QED) is 0.699. The smallest absolute Gasteiger partial charge is 0.294 e. The summed E-state index contributed by atoms with van der Waals surface area (Å²) < 4.78 is 19.7. The fourth-order valence-electron chi connectivity index (χ4n) is 1.92. The lowest BCUT2D eigenvalue weighted by Gasteiger charge is -2.10. The Hall–Kier alpha value is -2.37.